The number of anilines is 1. The van der Waals surface area contributed by atoms with Crippen LogP contribution in [0.2, 0.25) is 0 Å². The quantitative estimate of drug-likeness (QED) is 0.443. The lowest BCUT2D eigenvalue weighted by Gasteiger charge is -2.17. The number of amides is 1. The van der Waals surface area contributed by atoms with Gasteiger partial charge in [0.15, 0.2) is 11.2 Å². The van der Waals surface area contributed by atoms with Gasteiger partial charge in [0, 0.05) is 25.3 Å². The van der Waals surface area contributed by atoms with Crippen molar-refractivity contribution in [3.05, 3.63) is 105 Å². The number of carbonyl (C=O) groups excluding carboxylic acids is 1. The molecule has 0 atom stereocenters. The number of sulfonamides is 1. The van der Waals surface area contributed by atoms with Gasteiger partial charge in [0.25, 0.3) is 5.91 Å². The largest absolute Gasteiger partial charge is 0.450 e. The van der Waals surface area contributed by atoms with E-state index in [0.29, 0.717) is 16.7 Å². The third-order valence-corrected chi connectivity index (χ3v) is 7.27. The number of rotatable bonds is 6. The summed E-state index contributed by atoms with van der Waals surface area (Å²) < 4.78 is 32.8. The summed E-state index contributed by atoms with van der Waals surface area (Å²) in [4.78, 5) is 25.3. The van der Waals surface area contributed by atoms with Crippen molar-refractivity contribution in [3.63, 3.8) is 0 Å². The van der Waals surface area contributed by atoms with Crippen LogP contribution in [0, 0.1) is 13.8 Å². The molecule has 1 amide bonds. The molecule has 4 aromatic rings. The van der Waals surface area contributed by atoms with Gasteiger partial charge < -0.3 is 9.73 Å². The van der Waals surface area contributed by atoms with Gasteiger partial charge in [0.2, 0.25) is 10.0 Å². The van der Waals surface area contributed by atoms with Gasteiger partial charge >= 0.3 is 0 Å². The van der Waals surface area contributed by atoms with Crippen LogP contribution in [-0.2, 0) is 16.6 Å². The summed E-state index contributed by atoms with van der Waals surface area (Å²) in [7, 11) is -2.19. The van der Waals surface area contributed by atoms with Crippen LogP contribution in [-0.4, -0.2) is 25.7 Å². The molecular formula is C26H24N2O5S. The summed E-state index contributed by atoms with van der Waals surface area (Å²) >= 11 is 0. The predicted molar refractivity (Wildman–Crippen MR) is 131 cm³/mol. The Hall–Kier alpha value is -3.75. The van der Waals surface area contributed by atoms with E-state index in [1.165, 1.54) is 35.6 Å². The maximum absolute atomic E-state index is 12.9. The lowest BCUT2D eigenvalue weighted by Crippen LogP contribution is -2.26. The lowest BCUT2D eigenvalue weighted by atomic mass is 10.1. The standard InChI is InChI=1S/C26H24N2O5S/c1-17-13-18(2)25-22(14-17)23(29)15-24(33-25)26(30)27-20-9-11-21(12-10-20)34(31,32)28(3)16-19-7-5-4-6-8-19/h4-15H,16H2,1-3H3,(H,27,30). The smallest absolute Gasteiger partial charge is 0.291 e. The SMILES string of the molecule is Cc1cc(C)c2oc(C(=O)Nc3ccc(S(=O)(=O)N(C)Cc4ccccc4)cc3)cc(=O)c2c1. The summed E-state index contributed by atoms with van der Waals surface area (Å²) in [6, 6.07) is 19.9. The minimum Gasteiger partial charge on any atom is -0.450 e. The van der Waals surface area contributed by atoms with Gasteiger partial charge in [-0.2, -0.15) is 4.31 Å². The molecule has 0 saturated carbocycles. The fourth-order valence-corrected chi connectivity index (χ4v) is 4.89. The fraction of sp³-hybridized carbons (Fsp3) is 0.154. The third kappa shape index (κ3) is 4.78. The first-order valence-electron chi connectivity index (χ1n) is 10.6. The van der Waals surface area contributed by atoms with E-state index in [1.807, 2.05) is 50.2 Å². The molecule has 1 N–H and O–H groups in total. The number of nitrogens with zero attached hydrogens (tertiary/aromatic N) is 1. The summed E-state index contributed by atoms with van der Waals surface area (Å²) in [5.41, 5.74) is 3.00. The molecule has 4 rings (SSSR count). The van der Waals surface area contributed by atoms with Crippen molar-refractivity contribution < 1.29 is 17.6 Å². The van der Waals surface area contributed by atoms with E-state index in [1.54, 1.807) is 6.07 Å². The van der Waals surface area contributed by atoms with Crippen LogP contribution in [0.5, 0.6) is 0 Å². The summed E-state index contributed by atoms with van der Waals surface area (Å²) in [6.45, 7) is 3.94. The van der Waals surface area contributed by atoms with Crippen molar-refractivity contribution in [2.75, 3.05) is 12.4 Å². The Labute approximate surface area is 197 Å². The Morgan fingerprint density at radius 2 is 1.65 bits per heavy atom. The van der Waals surface area contributed by atoms with Crippen molar-refractivity contribution in [1.82, 2.24) is 4.31 Å². The van der Waals surface area contributed by atoms with Crippen LogP contribution >= 0.6 is 0 Å². The first-order valence-corrected chi connectivity index (χ1v) is 12.1. The lowest BCUT2D eigenvalue weighted by molar-refractivity contribution is 0.0997. The Balaban J connectivity index is 1.52. The first-order chi connectivity index (χ1) is 16.1. The topological polar surface area (TPSA) is 96.7 Å². The van der Waals surface area contributed by atoms with Gasteiger partial charge in [-0.25, -0.2) is 8.42 Å². The van der Waals surface area contributed by atoms with Crippen molar-refractivity contribution in [1.29, 1.82) is 0 Å². The van der Waals surface area contributed by atoms with Crippen LogP contribution in [0.15, 0.2) is 86.9 Å². The first kappa shape index (κ1) is 23.4. The third-order valence-electron chi connectivity index (χ3n) is 5.45. The highest BCUT2D eigenvalue weighted by molar-refractivity contribution is 7.89. The van der Waals surface area contributed by atoms with Crippen molar-refractivity contribution in [3.8, 4) is 0 Å². The van der Waals surface area contributed by atoms with Crippen LogP contribution in [0.4, 0.5) is 5.69 Å². The van der Waals surface area contributed by atoms with E-state index in [4.69, 9.17) is 4.42 Å². The zero-order valence-electron chi connectivity index (χ0n) is 19.0. The molecule has 1 aromatic heterocycles. The van der Waals surface area contributed by atoms with Crippen LogP contribution in [0.25, 0.3) is 11.0 Å². The Bertz CT molecular complexity index is 1530. The Morgan fingerprint density at radius 3 is 2.32 bits per heavy atom. The average Bonchev–Trinajstić information content (AvgIpc) is 2.80. The monoisotopic (exact) mass is 476 g/mol. The molecule has 0 unspecified atom stereocenters. The molecule has 0 aliphatic carbocycles. The van der Waals surface area contributed by atoms with Crippen molar-refractivity contribution in [2.24, 2.45) is 0 Å². The molecule has 0 aliphatic heterocycles. The van der Waals surface area contributed by atoms with Crippen molar-refractivity contribution in [2.45, 2.75) is 25.3 Å². The molecule has 1 heterocycles. The number of hydrogen-bond donors (Lipinski definition) is 1. The van der Waals surface area contributed by atoms with Gasteiger partial charge in [-0.15, -0.1) is 0 Å². The number of fused-ring (bicyclic) bond motifs is 1. The molecule has 0 saturated heterocycles. The zero-order chi connectivity index (χ0) is 24.5. The maximum atomic E-state index is 12.9. The summed E-state index contributed by atoms with van der Waals surface area (Å²) in [5.74, 6) is -0.723. The minimum absolute atomic E-state index is 0.104. The van der Waals surface area contributed by atoms with Gasteiger partial charge in [-0.3, -0.25) is 9.59 Å². The molecule has 0 aliphatic rings. The van der Waals surface area contributed by atoms with E-state index in [2.05, 4.69) is 5.32 Å². The highest BCUT2D eigenvalue weighted by Gasteiger charge is 2.21. The average molecular weight is 477 g/mol. The molecule has 34 heavy (non-hydrogen) atoms. The predicted octanol–water partition coefficient (Wildman–Crippen LogP) is 4.48. The molecular weight excluding hydrogens is 452 g/mol. The van der Waals surface area contributed by atoms with Crippen LogP contribution in [0.3, 0.4) is 0 Å². The van der Waals surface area contributed by atoms with E-state index in [9.17, 15) is 18.0 Å². The van der Waals surface area contributed by atoms with Gasteiger partial charge in [0.05, 0.1) is 10.3 Å². The second-order valence-electron chi connectivity index (χ2n) is 8.16. The molecule has 0 bridgehead atoms. The normalized spacial score (nSPS) is 11.6. The molecule has 3 aromatic carbocycles. The highest BCUT2D eigenvalue weighted by Crippen LogP contribution is 2.22. The molecule has 174 valence electrons. The van der Waals surface area contributed by atoms with Gasteiger partial charge in [-0.1, -0.05) is 36.4 Å². The van der Waals surface area contributed by atoms with E-state index in [-0.39, 0.29) is 22.6 Å². The fourth-order valence-electron chi connectivity index (χ4n) is 3.73. The summed E-state index contributed by atoms with van der Waals surface area (Å²) in [6.07, 6.45) is 0. The number of nitrogens with one attached hydrogen (secondary N) is 1. The van der Waals surface area contributed by atoms with E-state index in [0.717, 1.165) is 22.8 Å². The number of benzene rings is 3. The Morgan fingerprint density at radius 1 is 0.971 bits per heavy atom. The molecule has 8 heteroatoms. The second kappa shape index (κ2) is 9.24. The molecule has 0 spiro atoms. The molecule has 7 nitrogen and oxygen atoms in total. The van der Waals surface area contributed by atoms with Gasteiger partial charge in [0.1, 0.15) is 5.58 Å². The maximum Gasteiger partial charge on any atom is 0.291 e. The number of carbonyl (C=O) groups is 1. The van der Waals surface area contributed by atoms with Crippen LogP contribution in [0.1, 0.15) is 27.2 Å². The molecule has 0 fully saturated rings. The zero-order valence-corrected chi connectivity index (χ0v) is 19.8. The number of hydrogen-bond acceptors (Lipinski definition) is 5. The van der Waals surface area contributed by atoms with Crippen LogP contribution < -0.4 is 10.7 Å². The minimum atomic E-state index is -3.71. The highest BCUT2D eigenvalue weighted by atomic mass is 32.2. The summed E-state index contributed by atoms with van der Waals surface area (Å²) in [5, 5.41) is 3.07. The van der Waals surface area contributed by atoms with E-state index < -0.39 is 15.9 Å². The molecule has 0 radical (unpaired) electrons. The van der Waals surface area contributed by atoms with Gasteiger partial charge in [-0.05, 0) is 60.9 Å². The van der Waals surface area contributed by atoms with Crippen molar-refractivity contribution >= 4 is 32.6 Å². The Kier molecular flexibility index (Phi) is 6.37. The second-order valence-corrected chi connectivity index (χ2v) is 10.2. The number of aryl methyl sites for hydroxylation is 2. The van der Waals surface area contributed by atoms with E-state index >= 15 is 0 Å².